The number of benzene rings is 1. The maximum absolute atomic E-state index is 14.3. The van der Waals surface area contributed by atoms with E-state index in [1.54, 1.807) is 6.07 Å². The van der Waals surface area contributed by atoms with Crippen molar-refractivity contribution in [3.63, 3.8) is 0 Å². The van der Waals surface area contributed by atoms with Crippen molar-refractivity contribution in [3.05, 3.63) is 29.6 Å². The van der Waals surface area contributed by atoms with Crippen molar-refractivity contribution in [2.24, 2.45) is 17.8 Å². The molecule has 118 valence electrons. The van der Waals surface area contributed by atoms with E-state index in [2.05, 4.69) is 44.0 Å². The molecule has 0 radical (unpaired) electrons. The monoisotopic (exact) mass is 292 g/mol. The molecule has 2 nitrogen and oxygen atoms in total. The summed E-state index contributed by atoms with van der Waals surface area (Å²) in [6.07, 6.45) is 1.17. The van der Waals surface area contributed by atoms with Gasteiger partial charge < -0.3 is 10.2 Å². The summed E-state index contributed by atoms with van der Waals surface area (Å²) in [6.45, 7) is 12.6. The van der Waals surface area contributed by atoms with Crippen LogP contribution in [-0.2, 0) is 6.54 Å². The van der Waals surface area contributed by atoms with Crippen LogP contribution in [0.5, 0.6) is 0 Å². The molecule has 1 aromatic carbocycles. The average molecular weight is 292 g/mol. The number of hydrogen-bond donors (Lipinski definition) is 1. The minimum atomic E-state index is -0.0803. The lowest BCUT2D eigenvalue weighted by Gasteiger charge is -2.24. The molecular weight excluding hydrogens is 263 g/mol. The van der Waals surface area contributed by atoms with Gasteiger partial charge in [-0.05, 0) is 42.3 Å². The highest BCUT2D eigenvalue weighted by molar-refractivity contribution is 5.55. The maximum atomic E-state index is 14.3. The zero-order chi connectivity index (χ0) is 15.4. The van der Waals surface area contributed by atoms with Gasteiger partial charge in [0, 0.05) is 19.6 Å². The smallest absolute Gasteiger partial charge is 0.146 e. The van der Waals surface area contributed by atoms with Gasteiger partial charge in [-0.2, -0.15) is 0 Å². The third kappa shape index (κ3) is 4.19. The molecule has 1 N–H and O–H groups in total. The van der Waals surface area contributed by atoms with Gasteiger partial charge in [0.05, 0.1) is 5.69 Å². The second kappa shape index (κ2) is 7.26. The van der Waals surface area contributed by atoms with Crippen LogP contribution in [0.15, 0.2) is 18.2 Å². The van der Waals surface area contributed by atoms with Gasteiger partial charge in [-0.25, -0.2) is 4.39 Å². The lowest BCUT2D eigenvalue weighted by atomic mass is 9.95. The Kier molecular flexibility index (Phi) is 5.63. The fourth-order valence-corrected chi connectivity index (χ4v) is 3.09. The Morgan fingerprint density at radius 3 is 2.67 bits per heavy atom. The predicted molar refractivity (Wildman–Crippen MR) is 88.1 cm³/mol. The molecule has 3 heteroatoms. The lowest BCUT2D eigenvalue weighted by molar-refractivity contribution is 0.422. The molecule has 1 atom stereocenters. The van der Waals surface area contributed by atoms with E-state index in [1.165, 1.54) is 6.42 Å². The van der Waals surface area contributed by atoms with Crippen LogP contribution in [0.25, 0.3) is 0 Å². The first-order valence-electron chi connectivity index (χ1n) is 8.22. The molecule has 1 aliphatic heterocycles. The summed E-state index contributed by atoms with van der Waals surface area (Å²) < 4.78 is 14.3. The molecular formula is C18H29FN2. The van der Waals surface area contributed by atoms with Crippen molar-refractivity contribution in [1.29, 1.82) is 0 Å². The second-order valence-corrected chi connectivity index (χ2v) is 7.01. The van der Waals surface area contributed by atoms with E-state index in [0.29, 0.717) is 17.8 Å². The largest absolute Gasteiger partial charge is 0.369 e. The van der Waals surface area contributed by atoms with Crippen LogP contribution in [0.3, 0.4) is 0 Å². The van der Waals surface area contributed by atoms with E-state index in [0.717, 1.165) is 37.4 Å². The van der Waals surface area contributed by atoms with Crippen LogP contribution in [0.4, 0.5) is 10.1 Å². The standard InChI is InChI=1S/C18H29FN2/c1-13(2)10-20-11-15-6-5-7-17(19)18(15)21-9-8-16(12-21)14(3)4/h5-7,13-14,16,20H,8-12H2,1-4H3. The maximum Gasteiger partial charge on any atom is 0.146 e. The van der Waals surface area contributed by atoms with Gasteiger partial charge in [0.15, 0.2) is 0 Å². The molecule has 0 bridgehead atoms. The predicted octanol–water partition coefficient (Wildman–Crippen LogP) is 4.05. The van der Waals surface area contributed by atoms with Gasteiger partial charge >= 0.3 is 0 Å². The molecule has 0 saturated carbocycles. The zero-order valence-corrected chi connectivity index (χ0v) is 13.8. The topological polar surface area (TPSA) is 15.3 Å². The van der Waals surface area contributed by atoms with Crippen LogP contribution in [-0.4, -0.2) is 19.6 Å². The number of rotatable bonds is 6. The summed E-state index contributed by atoms with van der Waals surface area (Å²) in [4.78, 5) is 2.24. The number of hydrogen-bond acceptors (Lipinski definition) is 2. The SMILES string of the molecule is CC(C)CNCc1cccc(F)c1N1CCC(C(C)C)C1. The van der Waals surface area contributed by atoms with Crippen molar-refractivity contribution in [2.75, 3.05) is 24.5 Å². The number of nitrogens with one attached hydrogen (secondary N) is 1. The molecule has 0 spiro atoms. The average Bonchev–Trinajstić information content (AvgIpc) is 2.88. The van der Waals surface area contributed by atoms with Crippen molar-refractivity contribution >= 4 is 5.69 Å². The number of para-hydroxylation sites is 1. The summed E-state index contributed by atoms with van der Waals surface area (Å²) in [5, 5.41) is 3.43. The molecule has 1 aliphatic rings. The molecule has 21 heavy (non-hydrogen) atoms. The number of nitrogens with zero attached hydrogens (tertiary/aromatic N) is 1. The fraction of sp³-hybridized carbons (Fsp3) is 0.667. The van der Waals surface area contributed by atoms with Crippen molar-refractivity contribution in [1.82, 2.24) is 5.32 Å². The Hall–Kier alpha value is -1.09. The van der Waals surface area contributed by atoms with Crippen molar-refractivity contribution < 1.29 is 4.39 Å². The molecule has 1 heterocycles. The third-order valence-electron chi connectivity index (χ3n) is 4.42. The number of anilines is 1. The van der Waals surface area contributed by atoms with Crippen LogP contribution < -0.4 is 10.2 Å². The highest BCUT2D eigenvalue weighted by atomic mass is 19.1. The molecule has 1 fully saturated rings. The summed E-state index contributed by atoms with van der Waals surface area (Å²) in [5.74, 6) is 1.88. The Bertz CT molecular complexity index is 457. The van der Waals surface area contributed by atoms with Crippen molar-refractivity contribution in [3.8, 4) is 0 Å². The first kappa shape index (κ1) is 16.3. The Balaban J connectivity index is 2.11. The summed E-state index contributed by atoms with van der Waals surface area (Å²) in [5.41, 5.74) is 1.90. The van der Waals surface area contributed by atoms with E-state index in [1.807, 2.05) is 6.07 Å². The highest BCUT2D eigenvalue weighted by Gasteiger charge is 2.27. The van der Waals surface area contributed by atoms with Crippen LogP contribution in [0, 0.1) is 23.6 Å². The van der Waals surface area contributed by atoms with Crippen LogP contribution >= 0.6 is 0 Å². The van der Waals surface area contributed by atoms with Gasteiger partial charge in [-0.15, -0.1) is 0 Å². The van der Waals surface area contributed by atoms with Gasteiger partial charge in [-0.1, -0.05) is 39.8 Å². The molecule has 1 saturated heterocycles. The van der Waals surface area contributed by atoms with Crippen LogP contribution in [0.1, 0.15) is 39.7 Å². The van der Waals surface area contributed by atoms with Crippen molar-refractivity contribution in [2.45, 2.75) is 40.7 Å². The Morgan fingerprint density at radius 1 is 1.29 bits per heavy atom. The quantitative estimate of drug-likeness (QED) is 0.851. The van der Waals surface area contributed by atoms with Gasteiger partial charge in [0.25, 0.3) is 0 Å². The first-order chi connectivity index (χ1) is 9.99. The van der Waals surface area contributed by atoms with Crippen LogP contribution in [0.2, 0.25) is 0 Å². The third-order valence-corrected chi connectivity index (χ3v) is 4.42. The summed E-state index contributed by atoms with van der Waals surface area (Å²) in [6, 6.07) is 5.46. The minimum absolute atomic E-state index is 0.0803. The normalized spacial score (nSPS) is 19.0. The molecule has 0 aliphatic carbocycles. The van der Waals surface area contributed by atoms with E-state index < -0.39 is 0 Å². The van der Waals surface area contributed by atoms with Gasteiger partial charge in [0.1, 0.15) is 5.82 Å². The van der Waals surface area contributed by atoms with E-state index in [4.69, 9.17) is 0 Å². The van der Waals surface area contributed by atoms with E-state index >= 15 is 0 Å². The fourth-order valence-electron chi connectivity index (χ4n) is 3.09. The summed E-state index contributed by atoms with van der Waals surface area (Å²) >= 11 is 0. The lowest BCUT2D eigenvalue weighted by Crippen LogP contribution is -2.26. The second-order valence-electron chi connectivity index (χ2n) is 7.01. The Morgan fingerprint density at radius 2 is 2.05 bits per heavy atom. The van der Waals surface area contributed by atoms with Gasteiger partial charge in [-0.3, -0.25) is 0 Å². The molecule has 0 amide bonds. The molecule has 2 rings (SSSR count). The van der Waals surface area contributed by atoms with E-state index in [9.17, 15) is 4.39 Å². The first-order valence-corrected chi connectivity index (χ1v) is 8.22. The Labute approximate surface area is 128 Å². The van der Waals surface area contributed by atoms with Gasteiger partial charge in [0.2, 0.25) is 0 Å². The zero-order valence-electron chi connectivity index (χ0n) is 13.8. The van der Waals surface area contributed by atoms with E-state index in [-0.39, 0.29) is 5.82 Å². The summed E-state index contributed by atoms with van der Waals surface area (Å²) in [7, 11) is 0. The molecule has 1 aromatic rings. The highest BCUT2D eigenvalue weighted by Crippen LogP contribution is 2.32. The minimum Gasteiger partial charge on any atom is -0.369 e. The number of halogens is 1. The molecule has 0 aromatic heterocycles. The molecule has 1 unspecified atom stereocenters.